The first-order valence-electron chi connectivity index (χ1n) is 10.5. The zero-order valence-corrected chi connectivity index (χ0v) is 17.8. The second-order valence-electron chi connectivity index (χ2n) is 8.46. The smallest absolute Gasteiger partial charge is 0.170 e. The van der Waals surface area contributed by atoms with Crippen LogP contribution < -0.4 is 10.6 Å². The third-order valence-corrected chi connectivity index (χ3v) is 6.65. The lowest BCUT2D eigenvalue weighted by Gasteiger charge is -2.49. The molecule has 3 atom stereocenters. The van der Waals surface area contributed by atoms with E-state index in [0.717, 1.165) is 17.3 Å². The number of nitrogens with zero attached hydrogens (tertiary/aromatic N) is 1. The van der Waals surface area contributed by atoms with E-state index in [1.807, 2.05) is 0 Å². The Morgan fingerprint density at radius 3 is 2.39 bits per heavy atom. The molecule has 2 aliphatic heterocycles. The Balaban J connectivity index is 1.36. The predicted molar refractivity (Wildman–Crippen MR) is 122 cm³/mol. The highest BCUT2D eigenvalue weighted by Crippen LogP contribution is 2.35. The van der Waals surface area contributed by atoms with E-state index in [1.54, 1.807) is 0 Å². The van der Waals surface area contributed by atoms with Gasteiger partial charge < -0.3 is 10.6 Å². The van der Waals surface area contributed by atoms with Crippen molar-refractivity contribution >= 4 is 23.0 Å². The normalized spacial score (nSPS) is 24.6. The number of rotatable bonds is 4. The van der Waals surface area contributed by atoms with Gasteiger partial charge in [-0.05, 0) is 80.6 Å². The molecule has 2 aromatic rings. The molecule has 2 aliphatic rings. The van der Waals surface area contributed by atoms with Crippen LogP contribution in [0, 0.1) is 13.8 Å². The van der Waals surface area contributed by atoms with Crippen LogP contribution in [0.2, 0.25) is 0 Å². The van der Waals surface area contributed by atoms with Gasteiger partial charge in [-0.2, -0.15) is 0 Å². The third kappa shape index (κ3) is 4.56. The maximum Gasteiger partial charge on any atom is 0.170 e. The molecule has 0 aliphatic carbocycles. The standard InChI is InChI=1S/C24H31N3S/c1-17-11-12-20(13-18(17)2)25-24(28)26-21-14-22-9-6-10-23(15-21)27(22)16-19-7-4-3-5-8-19/h3-5,7-8,11-13,21-23H,6,9-10,14-16H2,1-2H3,(H2,25,26,28)/t21?,22-,23+. The quantitative estimate of drug-likeness (QED) is 0.700. The Kier molecular flexibility index (Phi) is 5.98. The molecule has 2 bridgehead atoms. The number of thiocarbonyl (C=S) groups is 1. The van der Waals surface area contributed by atoms with Gasteiger partial charge in [-0.25, -0.2) is 0 Å². The van der Waals surface area contributed by atoms with E-state index in [4.69, 9.17) is 12.2 Å². The lowest BCUT2D eigenvalue weighted by Crippen LogP contribution is -2.56. The molecule has 1 unspecified atom stereocenters. The first-order valence-corrected chi connectivity index (χ1v) is 10.9. The van der Waals surface area contributed by atoms with Crippen LogP contribution in [-0.2, 0) is 6.54 Å². The van der Waals surface area contributed by atoms with Crippen LogP contribution in [0.5, 0.6) is 0 Å². The van der Waals surface area contributed by atoms with Gasteiger partial charge in [0, 0.05) is 30.4 Å². The highest BCUT2D eigenvalue weighted by molar-refractivity contribution is 7.80. The Labute approximate surface area is 174 Å². The Morgan fingerprint density at radius 1 is 1.00 bits per heavy atom. The zero-order chi connectivity index (χ0) is 19.5. The summed E-state index contributed by atoms with van der Waals surface area (Å²) in [4.78, 5) is 2.75. The van der Waals surface area contributed by atoms with E-state index >= 15 is 0 Å². The van der Waals surface area contributed by atoms with Gasteiger partial charge in [0.1, 0.15) is 0 Å². The maximum atomic E-state index is 5.62. The number of hydrogen-bond donors (Lipinski definition) is 2. The van der Waals surface area contributed by atoms with E-state index in [0.29, 0.717) is 18.1 Å². The summed E-state index contributed by atoms with van der Waals surface area (Å²) in [5.41, 5.74) is 5.10. The number of nitrogens with one attached hydrogen (secondary N) is 2. The molecular formula is C24H31N3S. The highest BCUT2D eigenvalue weighted by atomic mass is 32.1. The van der Waals surface area contributed by atoms with Gasteiger partial charge in [-0.1, -0.05) is 42.8 Å². The van der Waals surface area contributed by atoms with Crippen molar-refractivity contribution in [3.8, 4) is 0 Å². The molecule has 0 amide bonds. The fourth-order valence-electron chi connectivity index (χ4n) is 4.82. The molecule has 28 heavy (non-hydrogen) atoms. The molecule has 0 spiro atoms. The minimum Gasteiger partial charge on any atom is -0.360 e. The van der Waals surface area contributed by atoms with Gasteiger partial charge in [0.15, 0.2) is 5.11 Å². The summed E-state index contributed by atoms with van der Waals surface area (Å²) in [6.45, 7) is 5.35. The van der Waals surface area contributed by atoms with Crippen molar-refractivity contribution in [1.82, 2.24) is 10.2 Å². The van der Waals surface area contributed by atoms with E-state index in [1.165, 1.54) is 48.8 Å². The summed E-state index contributed by atoms with van der Waals surface area (Å²) in [5, 5.41) is 7.74. The maximum absolute atomic E-state index is 5.62. The lowest BCUT2D eigenvalue weighted by atomic mass is 9.81. The van der Waals surface area contributed by atoms with Crippen LogP contribution in [0.15, 0.2) is 48.5 Å². The fourth-order valence-corrected chi connectivity index (χ4v) is 5.11. The summed E-state index contributed by atoms with van der Waals surface area (Å²) in [6, 6.07) is 19.1. The average Bonchev–Trinajstić information content (AvgIpc) is 2.66. The van der Waals surface area contributed by atoms with Crippen LogP contribution in [-0.4, -0.2) is 28.1 Å². The van der Waals surface area contributed by atoms with Gasteiger partial charge in [0.05, 0.1) is 0 Å². The van der Waals surface area contributed by atoms with Crippen molar-refractivity contribution in [2.24, 2.45) is 0 Å². The van der Waals surface area contributed by atoms with Crippen molar-refractivity contribution in [3.05, 3.63) is 65.2 Å². The summed E-state index contributed by atoms with van der Waals surface area (Å²) < 4.78 is 0. The average molecular weight is 394 g/mol. The number of hydrogen-bond acceptors (Lipinski definition) is 2. The summed E-state index contributed by atoms with van der Waals surface area (Å²) in [6.07, 6.45) is 6.33. The van der Waals surface area contributed by atoms with E-state index in [2.05, 4.69) is 77.9 Å². The van der Waals surface area contributed by atoms with E-state index < -0.39 is 0 Å². The molecule has 4 rings (SSSR count). The second-order valence-corrected chi connectivity index (χ2v) is 8.87. The van der Waals surface area contributed by atoms with Crippen LogP contribution in [0.3, 0.4) is 0 Å². The van der Waals surface area contributed by atoms with E-state index in [9.17, 15) is 0 Å². The van der Waals surface area contributed by atoms with Crippen molar-refractivity contribution in [2.75, 3.05) is 5.32 Å². The molecular weight excluding hydrogens is 362 g/mol. The first kappa shape index (κ1) is 19.4. The molecule has 2 heterocycles. The predicted octanol–water partition coefficient (Wildman–Crippen LogP) is 5.18. The molecule has 0 saturated carbocycles. The van der Waals surface area contributed by atoms with Crippen molar-refractivity contribution in [1.29, 1.82) is 0 Å². The Bertz CT molecular complexity index is 806. The van der Waals surface area contributed by atoms with Crippen molar-refractivity contribution in [2.45, 2.75) is 70.6 Å². The molecule has 0 radical (unpaired) electrons. The van der Waals surface area contributed by atoms with Crippen molar-refractivity contribution < 1.29 is 0 Å². The minimum atomic E-state index is 0.467. The number of fused-ring (bicyclic) bond motifs is 2. The molecule has 2 N–H and O–H groups in total. The molecule has 2 saturated heterocycles. The second kappa shape index (κ2) is 8.62. The molecule has 148 valence electrons. The van der Waals surface area contributed by atoms with Crippen molar-refractivity contribution in [3.63, 3.8) is 0 Å². The van der Waals surface area contributed by atoms with Crippen LogP contribution in [0.1, 0.15) is 48.8 Å². The van der Waals surface area contributed by atoms with Gasteiger partial charge in [0.25, 0.3) is 0 Å². The van der Waals surface area contributed by atoms with Gasteiger partial charge in [-0.15, -0.1) is 0 Å². The largest absolute Gasteiger partial charge is 0.360 e. The lowest BCUT2D eigenvalue weighted by molar-refractivity contribution is 0.0212. The fraction of sp³-hybridized carbons (Fsp3) is 0.458. The number of aryl methyl sites for hydroxylation is 2. The van der Waals surface area contributed by atoms with Crippen LogP contribution in [0.4, 0.5) is 5.69 Å². The Hall–Kier alpha value is -1.91. The molecule has 2 fully saturated rings. The SMILES string of the molecule is Cc1ccc(NC(=S)NC2C[C@H]3CCC[C@@H](C2)N3Cc2ccccc2)cc1C. The van der Waals surface area contributed by atoms with Gasteiger partial charge in [0.2, 0.25) is 0 Å². The molecule has 0 aromatic heterocycles. The van der Waals surface area contributed by atoms with E-state index in [-0.39, 0.29) is 0 Å². The molecule has 4 heteroatoms. The topological polar surface area (TPSA) is 27.3 Å². The number of piperidine rings is 2. The van der Waals surface area contributed by atoms with Gasteiger partial charge >= 0.3 is 0 Å². The van der Waals surface area contributed by atoms with Crippen LogP contribution in [0.25, 0.3) is 0 Å². The first-order chi connectivity index (χ1) is 13.6. The summed E-state index contributed by atoms with van der Waals surface area (Å²) in [7, 11) is 0. The minimum absolute atomic E-state index is 0.467. The van der Waals surface area contributed by atoms with Crippen LogP contribution >= 0.6 is 12.2 Å². The zero-order valence-electron chi connectivity index (χ0n) is 16.9. The number of anilines is 1. The summed E-state index contributed by atoms with van der Waals surface area (Å²) >= 11 is 5.62. The van der Waals surface area contributed by atoms with Gasteiger partial charge in [-0.3, -0.25) is 4.90 Å². The monoisotopic (exact) mass is 393 g/mol. The molecule has 2 aromatic carbocycles. The summed E-state index contributed by atoms with van der Waals surface area (Å²) in [5.74, 6) is 0. The Morgan fingerprint density at radius 2 is 1.71 bits per heavy atom. The third-order valence-electron chi connectivity index (χ3n) is 6.43. The number of benzene rings is 2. The highest BCUT2D eigenvalue weighted by Gasteiger charge is 2.38. The molecule has 3 nitrogen and oxygen atoms in total.